The van der Waals surface area contributed by atoms with E-state index >= 15 is 0 Å². The van der Waals surface area contributed by atoms with E-state index in [1.54, 1.807) is 26.0 Å². The molecule has 0 saturated heterocycles. The van der Waals surface area contributed by atoms with Crippen LogP contribution in [0.5, 0.6) is 5.75 Å². The highest BCUT2D eigenvalue weighted by Gasteiger charge is 2.34. The third-order valence-electron chi connectivity index (χ3n) is 4.24. The number of benzene rings is 2. The van der Waals surface area contributed by atoms with Crippen LogP contribution in [0.4, 0.5) is 8.78 Å². The lowest BCUT2D eigenvalue weighted by atomic mass is 10.1. The first-order chi connectivity index (χ1) is 13.2. The number of rotatable bonds is 5. The number of hydrogen-bond acceptors (Lipinski definition) is 3. The number of ether oxygens (including phenoxy) is 1. The summed E-state index contributed by atoms with van der Waals surface area (Å²) in [5, 5.41) is 9.12. The van der Waals surface area contributed by atoms with Gasteiger partial charge in [-0.25, -0.2) is 4.79 Å². The number of hydrogen-bond donors (Lipinski definition) is 1. The molecule has 0 fully saturated rings. The lowest BCUT2D eigenvalue weighted by Gasteiger charge is -2.19. The van der Waals surface area contributed by atoms with Gasteiger partial charge >= 0.3 is 12.1 Å². The molecule has 28 heavy (non-hydrogen) atoms. The molecule has 0 bridgehead atoms. The van der Waals surface area contributed by atoms with E-state index in [-0.39, 0.29) is 16.9 Å². The van der Waals surface area contributed by atoms with Crippen LogP contribution < -0.4 is 10.3 Å². The number of pyridine rings is 1. The Kier molecular flexibility index (Phi) is 5.00. The summed E-state index contributed by atoms with van der Waals surface area (Å²) in [5.74, 6) is -1.33. The Hall–Kier alpha value is -3.48. The molecular weight excluding hydrogens is 368 g/mol. The summed E-state index contributed by atoms with van der Waals surface area (Å²) in [6.45, 7) is 3.20. The molecule has 0 aliphatic rings. The van der Waals surface area contributed by atoms with E-state index in [9.17, 15) is 18.4 Å². The highest BCUT2D eigenvalue weighted by atomic mass is 19.3. The first-order valence-electron chi connectivity index (χ1n) is 8.39. The van der Waals surface area contributed by atoms with E-state index in [0.29, 0.717) is 16.9 Å². The van der Waals surface area contributed by atoms with E-state index in [0.717, 1.165) is 6.07 Å². The predicted octanol–water partition coefficient (Wildman–Crippen LogP) is 4.28. The first-order valence-corrected chi connectivity index (χ1v) is 8.39. The smallest absolute Gasteiger partial charge is 0.426 e. The van der Waals surface area contributed by atoms with E-state index in [4.69, 9.17) is 9.84 Å². The summed E-state index contributed by atoms with van der Waals surface area (Å²) in [6.07, 6.45) is -3.59. The van der Waals surface area contributed by atoms with Crippen LogP contribution in [-0.4, -0.2) is 15.6 Å². The number of carboxylic acids is 1. The van der Waals surface area contributed by atoms with Gasteiger partial charge in [0.05, 0.1) is 11.1 Å². The van der Waals surface area contributed by atoms with E-state index in [1.165, 1.54) is 47.0 Å². The Morgan fingerprint density at radius 2 is 1.71 bits per heavy atom. The van der Waals surface area contributed by atoms with Gasteiger partial charge in [0.2, 0.25) is 0 Å². The summed E-state index contributed by atoms with van der Waals surface area (Å²) in [5.41, 5.74) is 0.516. The van der Waals surface area contributed by atoms with Crippen molar-refractivity contribution in [2.45, 2.75) is 20.0 Å². The Morgan fingerprint density at radius 1 is 1.04 bits per heavy atom. The predicted molar refractivity (Wildman–Crippen MR) is 99.4 cm³/mol. The quantitative estimate of drug-likeness (QED) is 0.712. The molecule has 5 nitrogen and oxygen atoms in total. The third-order valence-corrected chi connectivity index (χ3v) is 4.24. The van der Waals surface area contributed by atoms with Crippen molar-refractivity contribution in [3.63, 3.8) is 0 Å². The standard InChI is InChI=1S/C21H17F2NO4/c1-13-10-16(8-9-18(13)20(26)27)24-14(2)11-17(12-19(24)25)28-21(22,23)15-6-4-3-5-7-15/h3-12H,1-2H3,(H,26,27). The van der Waals surface area contributed by atoms with Crippen molar-refractivity contribution in [3.8, 4) is 11.4 Å². The molecule has 7 heteroatoms. The number of carboxylic acid groups (broad SMARTS) is 1. The van der Waals surface area contributed by atoms with Crippen LogP contribution in [0.2, 0.25) is 0 Å². The lowest BCUT2D eigenvalue weighted by molar-refractivity contribution is -0.185. The maximum Gasteiger partial charge on any atom is 0.426 e. The molecule has 1 heterocycles. The largest absolute Gasteiger partial charge is 0.478 e. The molecule has 0 aliphatic heterocycles. The van der Waals surface area contributed by atoms with Gasteiger partial charge in [-0.15, -0.1) is 0 Å². The molecule has 3 rings (SSSR count). The lowest BCUT2D eigenvalue weighted by Crippen LogP contribution is -2.25. The van der Waals surface area contributed by atoms with Gasteiger partial charge in [0.25, 0.3) is 5.56 Å². The number of nitrogens with zero attached hydrogens (tertiary/aromatic N) is 1. The molecule has 0 unspecified atom stereocenters. The van der Waals surface area contributed by atoms with Gasteiger partial charge in [-0.3, -0.25) is 9.36 Å². The van der Waals surface area contributed by atoms with Gasteiger partial charge in [-0.2, -0.15) is 8.78 Å². The van der Waals surface area contributed by atoms with Crippen LogP contribution in [0.1, 0.15) is 27.2 Å². The second-order valence-corrected chi connectivity index (χ2v) is 6.30. The third kappa shape index (κ3) is 3.78. The average Bonchev–Trinajstić information content (AvgIpc) is 2.61. The molecule has 0 atom stereocenters. The summed E-state index contributed by atoms with van der Waals surface area (Å²) in [7, 11) is 0. The second kappa shape index (κ2) is 7.26. The van der Waals surface area contributed by atoms with Crippen LogP contribution in [0.25, 0.3) is 5.69 Å². The molecule has 2 aromatic carbocycles. The zero-order valence-electron chi connectivity index (χ0n) is 15.1. The number of aryl methyl sites for hydroxylation is 2. The summed E-state index contributed by atoms with van der Waals surface area (Å²) < 4.78 is 34.7. The number of halogens is 2. The summed E-state index contributed by atoms with van der Waals surface area (Å²) >= 11 is 0. The van der Waals surface area contributed by atoms with Crippen molar-refractivity contribution in [1.82, 2.24) is 4.57 Å². The molecule has 1 aromatic heterocycles. The van der Waals surface area contributed by atoms with E-state index in [1.807, 2.05) is 0 Å². The summed E-state index contributed by atoms with van der Waals surface area (Å²) in [4.78, 5) is 23.7. The van der Waals surface area contributed by atoms with Gasteiger partial charge in [0.1, 0.15) is 5.75 Å². The minimum absolute atomic E-state index is 0.122. The molecular formula is C21H17F2NO4. The number of aromatic carboxylic acids is 1. The Labute approximate surface area is 159 Å². The monoisotopic (exact) mass is 385 g/mol. The molecule has 0 saturated carbocycles. The SMILES string of the molecule is Cc1cc(-n2c(C)cc(OC(F)(F)c3ccccc3)cc2=O)ccc1C(=O)O. The van der Waals surface area contributed by atoms with Crippen molar-refractivity contribution in [1.29, 1.82) is 0 Å². The van der Waals surface area contributed by atoms with Crippen molar-refractivity contribution in [3.05, 3.63) is 93.4 Å². The average molecular weight is 385 g/mol. The fraction of sp³-hybridized carbons (Fsp3) is 0.143. The zero-order chi connectivity index (χ0) is 20.5. The molecule has 144 valence electrons. The first kappa shape index (κ1) is 19.3. The molecule has 0 aliphatic carbocycles. The van der Waals surface area contributed by atoms with Crippen LogP contribution in [-0.2, 0) is 6.11 Å². The Morgan fingerprint density at radius 3 is 2.29 bits per heavy atom. The second-order valence-electron chi connectivity index (χ2n) is 6.30. The molecule has 1 N–H and O–H groups in total. The number of alkyl halides is 2. The molecule has 0 amide bonds. The van der Waals surface area contributed by atoms with Crippen LogP contribution in [0, 0.1) is 13.8 Å². The van der Waals surface area contributed by atoms with Crippen molar-refractivity contribution < 1.29 is 23.4 Å². The van der Waals surface area contributed by atoms with Gasteiger partial charge < -0.3 is 9.84 Å². The van der Waals surface area contributed by atoms with Gasteiger partial charge in [-0.05, 0) is 49.7 Å². The van der Waals surface area contributed by atoms with Crippen molar-refractivity contribution in [2.24, 2.45) is 0 Å². The highest BCUT2D eigenvalue weighted by molar-refractivity contribution is 5.89. The maximum absolute atomic E-state index is 14.3. The van der Waals surface area contributed by atoms with Gasteiger partial charge in [0.15, 0.2) is 0 Å². The number of aromatic nitrogens is 1. The number of carbonyl (C=O) groups is 1. The topological polar surface area (TPSA) is 68.5 Å². The molecule has 0 radical (unpaired) electrons. The fourth-order valence-electron chi connectivity index (χ4n) is 2.93. The van der Waals surface area contributed by atoms with E-state index in [2.05, 4.69) is 0 Å². The normalized spacial score (nSPS) is 11.3. The van der Waals surface area contributed by atoms with Crippen molar-refractivity contribution in [2.75, 3.05) is 0 Å². The minimum atomic E-state index is -3.59. The van der Waals surface area contributed by atoms with Crippen molar-refractivity contribution >= 4 is 5.97 Å². The fourth-order valence-corrected chi connectivity index (χ4v) is 2.93. The zero-order valence-corrected chi connectivity index (χ0v) is 15.1. The van der Waals surface area contributed by atoms with Crippen LogP contribution >= 0.6 is 0 Å². The Bertz CT molecular complexity index is 1090. The van der Waals surface area contributed by atoms with E-state index < -0.39 is 17.6 Å². The van der Waals surface area contributed by atoms with Crippen LogP contribution in [0.3, 0.4) is 0 Å². The van der Waals surface area contributed by atoms with Crippen LogP contribution in [0.15, 0.2) is 65.5 Å². The Balaban J connectivity index is 1.97. The summed E-state index contributed by atoms with van der Waals surface area (Å²) in [6, 6.07) is 13.8. The van der Waals surface area contributed by atoms with Gasteiger partial charge in [-0.1, -0.05) is 18.2 Å². The molecule has 3 aromatic rings. The maximum atomic E-state index is 14.3. The molecule has 0 spiro atoms. The minimum Gasteiger partial charge on any atom is -0.478 e. The highest BCUT2D eigenvalue weighted by Crippen LogP contribution is 2.31. The van der Waals surface area contributed by atoms with Gasteiger partial charge in [0, 0.05) is 23.5 Å².